The van der Waals surface area contributed by atoms with Crippen molar-refractivity contribution in [1.29, 1.82) is 5.26 Å². The van der Waals surface area contributed by atoms with E-state index in [0.29, 0.717) is 40.6 Å². The minimum absolute atomic E-state index is 0.251. The molecule has 0 saturated heterocycles. The number of nitrogens with zero attached hydrogens (tertiary/aromatic N) is 2. The molecule has 32 heavy (non-hydrogen) atoms. The smallest absolute Gasteiger partial charge is 0.257 e. The van der Waals surface area contributed by atoms with Crippen LogP contribution in [0.5, 0.6) is 11.5 Å². The maximum Gasteiger partial charge on any atom is 0.257 e. The largest absolute Gasteiger partial charge is 0.497 e. The second-order valence-corrected chi connectivity index (χ2v) is 7.26. The first-order chi connectivity index (χ1) is 15.6. The minimum Gasteiger partial charge on any atom is -0.497 e. The SMILES string of the molecule is COc1ccc2nc(C)c(C(=O)Nc3cccc(OCc4cccc(C#N)c4)c3)cc2c1. The Morgan fingerprint density at radius 1 is 1.03 bits per heavy atom. The van der Waals surface area contributed by atoms with Crippen molar-refractivity contribution in [3.63, 3.8) is 0 Å². The lowest BCUT2D eigenvalue weighted by atomic mass is 10.1. The summed E-state index contributed by atoms with van der Waals surface area (Å²) in [6, 6.07) is 24.0. The number of pyridine rings is 1. The lowest BCUT2D eigenvalue weighted by molar-refractivity contribution is 0.102. The third-order valence-electron chi connectivity index (χ3n) is 5.01. The summed E-state index contributed by atoms with van der Waals surface area (Å²) in [5.41, 5.74) is 4.03. The van der Waals surface area contributed by atoms with Crippen LogP contribution in [0.2, 0.25) is 0 Å². The van der Waals surface area contributed by atoms with Crippen molar-refractivity contribution in [2.75, 3.05) is 12.4 Å². The molecule has 6 nitrogen and oxygen atoms in total. The van der Waals surface area contributed by atoms with Gasteiger partial charge in [0.25, 0.3) is 5.91 Å². The molecule has 3 aromatic carbocycles. The zero-order valence-corrected chi connectivity index (χ0v) is 17.8. The highest BCUT2D eigenvalue weighted by Gasteiger charge is 2.13. The van der Waals surface area contributed by atoms with E-state index in [4.69, 9.17) is 14.7 Å². The van der Waals surface area contributed by atoms with Gasteiger partial charge in [0.15, 0.2) is 0 Å². The third kappa shape index (κ3) is 4.68. The number of ether oxygens (including phenoxy) is 2. The molecule has 0 radical (unpaired) electrons. The van der Waals surface area contributed by atoms with Crippen molar-refractivity contribution < 1.29 is 14.3 Å². The molecule has 0 spiro atoms. The molecular formula is C26H21N3O3. The van der Waals surface area contributed by atoms with Gasteiger partial charge in [-0.2, -0.15) is 5.26 Å². The zero-order valence-electron chi connectivity index (χ0n) is 17.8. The van der Waals surface area contributed by atoms with Crippen molar-refractivity contribution in [2.45, 2.75) is 13.5 Å². The van der Waals surface area contributed by atoms with Gasteiger partial charge < -0.3 is 14.8 Å². The highest BCUT2D eigenvalue weighted by molar-refractivity contribution is 6.06. The molecule has 0 unspecified atom stereocenters. The van der Waals surface area contributed by atoms with Gasteiger partial charge in [-0.3, -0.25) is 9.78 Å². The zero-order chi connectivity index (χ0) is 22.5. The number of nitriles is 1. The number of hydrogen-bond donors (Lipinski definition) is 1. The van der Waals surface area contributed by atoms with E-state index in [9.17, 15) is 4.79 Å². The van der Waals surface area contributed by atoms with Gasteiger partial charge in [-0.25, -0.2) is 0 Å². The fraction of sp³-hybridized carbons (Fsp3) is 0.115. The number of benzene rings is 3. The maximum absolute atomic E-state index is 12.9. The van der Waals surface area contributed by atoms with E-state index in [0.717, 1.165) is 16.5 Å². The van der Waals surface area contributed by atoms with E-state index in [2.05, 4.69) is 16.4 Å². The molecule has 0 bridgehead atoms. The number of rotatable bonds is 6. The molecule has 6 heteroatoms. The van der Waals surface area contributed by atoms with Crippen molar-refractivity contribution in [2.24, 2.45) is 0 Å². The van der Waals surface area contributed by atoms with E-state index in [1.54, 1.807) is 31.4 Å². The summed E-state index contributed by atoms with van der Waals surface area (Å²) in [7, 11) is 1.60. The first-order valence-electron chi connectivity index (χ1n) is 10.0. The number of fused-ring (bicyclic) bond motifs is 1. The van der Waals surface area contributed by atoms with Crippen LogP contribution in [-0.4, -0.2) is 18.0 Å². The highest BCUT2D eigenvalue weighted by Crippen LogP contribution is 2.24. The first kappa shape index (κ1) is 20.9. The van der Waals surface area contributed by atoms with Crippen LogP contribution >= 0.6 is 0 Å². The normalized spacial score (nSPS) is 10.4. The number of nitrogens with one attached hydrogen (secondary N) is 1. The standard InChI is InChI=1S/C26H21N3O3/c1-17-24(13-20-12-22(31-2)9-10-25(20)28-17)26(30)29-21-7-4-8-23(14-21)32-16-19-6-3-5-18(11-19)15-27/h3-14H,16H2,1-2H3,(H,29,30). The molecule has 0 atom stereocenters. The van der Waals surface area contributed by atoms with Gasteiger partial charge in [0.2, 0.25) is 0 Å². The van der Waals surface area contributed by atoms with E-state index in [-0.39, 0.29) is 5.91 Å². The van der Waals surface area contributed by atoms with Crippen LogP contribution in [0.4, 0.5) is 5.69 Å². The summed E-state index contributed by atoms with van der Waals surface area (Å²) in [5, 5.41) is 12.8. The average Bonchev–Trinajstić information content (AvgIpc) is 2.82. The lowest BCUT2D eigenvalue weighted by Gasteiger charge is -2.11. The molecule has 0 saturated carbocycles. The second kappa shape index (κ2) is 9.19. The summed E-state index contributed by atoms with van der Waals surface area (Å²) >= 11 is 0. The van der Waals surface area contributed by atoms with E-state index in [1.165, 1.54) is 0 Å². The van der Waals surface area contributed by atoms with Crippen LogP contribution in [0.25, 0.3) is 10.9 Å². The predicted octanol–water partition coefficient (Wildman–Crippen LogP) is 5.25. The van der Waals surface area contributed by atoms with Crippen LogP contribution in [0.1, 0.15) is 27.2 Å². The molecule has 1 amide bonds. The number of aromatic nitrogens is 1. The number of amides is 1. The van der Waals surface area contributed by atoms with Gasteiger partial charge in [0.1, 0.15) is 18.1 Å². The molecule has 0 aliphatic carbocycles. The Labute approximate surface area is 186 Å². The Morgan fingerprint density at radius 2 is 1.88 bits per heavy atom. The molecule has 4 rings (SSSR count). The summed E-state index contributed by atoms with van der Waals surface area (Å²) in [6.45, 7) is 2.13. The Hall–Kier alpha value is -4.37. The molecule has 0 aliphatic rings. The van der Waals surface area contributed by atoms with Gasteiger partial charge in [0.05, 0.1) is 35.5 Å². The first-order valence-corrected chi connectivity index (χ1v) is 10.0. The maximum atomic E-state index is 12.9. The van der Waals surface area contributed by atoms with Gasteiger partial charge >= 0.3 is 0 Å². The number of aryl methyl sites for hydroxylation is 1. The number of anilines is 1. The Kier molecular flexibility index (Phi) is 6.00. The van der Waals surface area contributed by atoms with Gasteiger partial charge in [-0.05, 0) is 61.0 Å². The number of methoxy groups -OCH3 is 1. The lowest BCUT2D eigenvalue weighted by Crippen LogP contribution is -2.14. The van der Waals surface area contributed by atoms with E-state index < -0.39 is 0 Å². The van der Waals surface area contributed by atoms with Gasteiger partial charge in [-0.1, -0.05) is 18.2 Å². The van der Waals surface area contributed by atoms with Crippen molar-refractivity contribution in [3.8, 4) is 17.6 Å². The molecule has 158 valence electrons. The van der Waals surface area contributed by atoms with E-state index >= 15 is 0 Å². The quantitative estimate of drug-likeness (QED) is 0.458. The minimum atomic E-state index is -0.251. The summed E-state index contributed by atoms with van der Waals surface area (Å²) < 4.78 is 11.1. The molecular weight excluding hydrogens is 402 g/mol. The highest BCUT2D eigenvalue weighted by atomic mass is 16.5. The van der Waals surface area contributed by atoms with Crippen LogP contribution in [0, 0.1) is 18.3 Å². The van der Waals surface area contributed by atoms with E-state index in [1.807, 2.05) is 55.5 Å². The Morgan fingerprint density at radius 3 is 2.69 bits per heavy atom. The van der Waals surface area contributed by atoms with Crippen LogP contribution in [0.15, 0.2) is 72.8 Å². The predicted molar refractivity (Wildman–Crippen MR) is 123 cm³/mol. The molecule has 0 fully saturated rings. The molecule has 1 heterocycles. The second-order valence-electron chi connectivity index (χ2n) is 7.26. The molecule has 0 aliphatic heterocycles. The van der Waals surface area contributed by atoms with Crippen molar-refractivity contribution in [1.82, 2.24) is 4.98 Å². The Balaban J connectivity index is 1.50. The van der Waals surface area contributed by atoms with Crippen LogP contribution < -0.4 is 14.8 Å². The van der Waals surface area contributed by atoms with Crippen molar-refractivity contribution in [3.05, 3.63) is 95.2 Å². The van der Waals surface area contributed by atoms with Crippen LogP contribution in [0.3, 0.4) is 0 Å². The fourth-order valence-electron chi connectivity index (χ4n) is 3.37. The molecule has 1 N–H and O–H groups in total. The van der Waals surface area contributed by atoms with Gasteiger partial charge in [-0.15, -0.1) is 0 Å². The van der Waals surface area contributed by atoms with Crippen LogP contribution in [-0.2, 0) is 6.61 Å². The summed E-state index contributed by atoms with van der Waals surface area (Å²) in [5.74, 6) is 1.07. The molecule has 1 aromatic heterocycles. The Bertz CT molecular complexity index is 1340. The van der Waals surface area contributed by atoms with Gasteiger partial charge in [0, 0.05) is 17.1 Å². The van der Waals surface area contributed by atoms with Crippen molar-refractivity contribution >= 4 is 22.5 Å². The summed E-state index contributed by atoms with van der Waals surface area (Å²) in [6.07, 6.45) is 0. The topological polar surface area (TPSA) is 84.2 Å². The summed E-state index contributed by atoms with van der Waals surface area (Å²) in [4.78, 5) is 17.5. The number of hydrogen-bond acceptors (Lipinski definition) is 5. The number of carbonyl (C=O) groups excluding carboxylic acids is 1. The average molecular weight is 423 g/mol. The molecule has 4 aromatic rings. The third-order valence-corrected chi connectivity index (χ3v) is 5.01. The fourth-order valence-corrected chi connectivity index (χ4v) is 3.37. The number of carbonyl (C=O) groups is 1. The monoisotopic (exact) mass is 423 g/mol.